The number of nitrogens with one attached hydrogen (secondary N) is 1. The van der Waals surface area contributed by atoms with E-state index in [4.69, 9.17) is 9.15 Å². The summed E-state index contributed by atoms with van der Waals surface area (Å²) in [4.78, 5) is 0. The Balaban J connectivity index is 1.85. The number of hydrogen-bond donors (Lipinski definition) is 1. The first-order valence-corrected chi connectivity index (χ1v) is 7.03. The van der Waals surface area contributed by atoms with E-state index in [-0.39, 0.29) is 11.9 Å². The van der Waals surface area contributed by atoms with Crippen molar-refractivity contribution in [1.29, 1.82) is 0 Å². The number of aryl methyl sites for hydroxylation is 1. The molecular formula is C16H18FNO2. The van der Waals surface area contributed by atoms with Crippen LogP contribution in [0.3, 0.4) is 0 Å². The molecule has 1 aromatic carbocycles. The predicted molar refractivity (Wildman–Crippen MR) is 75.6 cm³/mol. The summed E-state index contributed by atoms with van der Waals surface area (Å²) >= 11 is 0. The van der Waals surface area contributed by atoms with Crippen LogP contribution in [0.1, 0.15) is 37.1 Å². The van der Waals surface area contributed by atoms with Crippen molar-refractivity contribution in [2.24, 2.45) is 0 Å². The Hall–Kier alpha value is -1.97. The van der Waals surface area contributed by atoms with Gasteiger partial charge in [0, 0.05) is 18.1 Å². The summed E-state index contributed by atoms with van der Waals surface area (Å²) in [5.41, 5.74) is 2.02. The van der Waals surface area contributed by atoms with Gasteiger partial charge in [-0.3, -0.25) is 0 Å². The smallest absolute Gasteiger partial charge is 0.145 e. The van der Waals surface area contributed by atoms with Crippen LogP contribution in [-0.2, 0) is 6.42 Å². The van der Waals surface area contributed by atoms with Gasteiger partial charge < -0.3 is 14.5 Å². The Morgan fingerprint density at radius 2 is 2.30 bits per heavy atom. The average Bonchev–Trinajstić information content (AvgIpc) is 2.91. The maximum absolute atomic E-state index is 13.3. The van der Waals surface area contributed by atoms with Gasteiger partial charge in [-0.05, 0) is 38.0 Å². The second kappa shape index (κ2) is 5.57. The summed E-state index contributed by atoms with van der Waals surface area (Å²) < 4.78 is 24.3. The number of rotatable bonds is 4. The zero-order valence-corrected chi connectivity index (χ0v) is 11.5. The van der Waals surface area contributed by atoms with Crippen LogP contribution in [0.2, 0.25) is 0 Å². The van der Waals surface area contributed by atoms with E-state index in [1.165, 1.54) is 17.7 Å². The highest BCUT2D eigenvalue weighted by atomic mass is 19.1. The van der Waals surface area contributed by atoms with E-state index in [1.807, 2.05) is 13.0 Å². The van der Waals surface area contributed by atoms with Crippen molar-refractivity contribution in [3.05, 3.63) is 47.7 Å². The van der Waals surface area contributed by atoms with E-state index >= 15 is 0 Å². The molecule has 0 saturated heterocycles. The van der Waals surface area contributed by atoms with E-state index < -0.39 is 0 Å². The van der Waals surface area contributed by atoms with E-state index in [0.717, 1.165) is 30.7 Å². The molecule has 1 N–H and O–H groups in total. The van der Waals surface area contributed by atoms with Gasteiger partial charge in [-0.2, -0.15) is 0 Å². The lowest BCUT2D eigenvalue weighted by Gasteiger charge is -2.25. The molecule has 0 fully saturated rings. The van der Waals surface area contributed by atoms with Gasteiger partial charge in [0.15, 0.2) is 0 Å². The minimum atomic E-state index is -0.286. The summed E-state index contributed by atoms with van der Waals surface area (Å²) in [5, 5.41) is 3.45. The molecule has 1 aliphatic rings. The van der Waals surface area contributed by atoms with Gasteiger partial charge in [-0.1, -0.05) is 0 Å². The van der Waals surface area contributed by atoms with E-state index in [9.17, 15) is 4.39 Å². The van der Waals surface area contributed by atoms with Crippen molar-refractivity contribution in [3.8, 4) is 5.75 Å². The summed E-state index contributed by atoms with van der Waals surface area (Å²) in [6.07, 6.45) is 4.85. The number of hydrogen-bond acceptors (Lipinski definition) is 3. The lowest BCUT2D eigenvalue weighted by atomic mass is 9.93. The van der Waals surface area contributed by atoms with Crippen molar-refractivity contribution in [1.82, 2.24) is 0 Å². The van der Waals surface area contributed by atoms with Crippen LogP contribution in [-0.4, -0.2) is 6.61 Å². The number of anilines is 1. The molecule has 106 valence electrons. The van der Waals surface area contributed by atoms with E-state index in [1.54, 1.807) is 12.3 Å². The average molecular weight is 275 g/mol. The maximum atomic E-state index is 13.3. The molecule has 1 aromatic heterocycles. The molecule has 0 amide bonds. The van der Waals surface area contributed by atoms with Gasteiger partial charge in [-0.25, -0.2) is 4.39 Å². The number of furan rings is 1. The minimum absolute atomic E-state index is 0.196. The molecule has 1 atom stereocenters. The van der Waals surface area contributed by atoms with Crippen LogP contribution in [0.15, 0.2) is 34.9 Å². The van der Waals surface area contributed by atoms with Gasteiger partial charge in [0.1, 0.15) is 17.3 Å². The van der Waals surface area contributed by atoms with Crippen LogP contribution in [0.5, 0.6) is 5.75 Å². The van der Waals surface area contributed by atoms with Crippen molar-refractivity contribution in [3.63, 3.8) is 0 Å². The van der Waals surface area contributed by atoms with Crippen LogP contribution in [0.4, 0.5) is 10.1 Å². The molecule has 3 nitrogen and oxygen atoms in total. The standard InChI is InChI=1S/C16H18FNO2/c1-2-19-16-10-11(17)6-7-14(16)18-13-4-3-5-15-12(13)8-9-20-15/h6-10,13,18H,2-5H2,1H3. The fraction of sp³-hybridized carbons (Fsp3) is 0.375. The highest BCUT2D eigenvalue weighted by Crippen LogP contribution is 2.36. The Bertz CT molecular complexity index is 594. The lowest BCUT2D eigenvalue weighted by Crippen LogP contribution is -2.16. The second-order valence-electron chi connectivity index (χ2n) is 4.96. The molecule has 1 unspecified atom stereocenters. The van der Waals surface area contributed by atoms with Gasteiger partial charge in [-0.15, -0.1) is 0 Å². The van der Waals surface area contributed by atoms with Crippen molar-refractivity contribution >= 4 is 5.69 Å². The molecule has 20 heavy (non-hydrogen) atoms. The highest BCUT2D eigenvalue weighted by molar-refractivity contribution is 5.58. The molecular weight excluding hydrogens is 257 g/mol. The molecule has 4 heteroatoms. The Morgan fingerprint density at radius 3 is 3.15 bits per heavy atom. The number of fused-ring (bicyclic) bond motifs is 1. The molecule has 0 spiro atoms. The zero-order chi connectivity index (χ0) is 13.9. The quantitative estimate of drug-likeness (QED) is 0.903. The molecule has 0 radical (unpaired) electrons. The normalized spacial score (nSPS) is 17.6. The topological polar surface area (TPSA) is 34.4 Å². The van der Waals surface area contributed by atoms with Crippen LogP contribution in [0.25, 0.3) is 0 Å². The lowest BCUT2D eigenvalue weighted by molar-refractivity contribution is 0.339. The third-order valence-electron chi connectivity index (χ3n) is 3.63. The highest BCUT2D eigenvalue weighted by Gasteiger charge is 2.23. The van der Waals surface area contributed by atoms with E-state index in [0.29, 0.717) is 12.4 Å². The monoisotopic (exact) mass is 275 g/mol. The molecule has 1 aliphatic carbocycles. The third-order valence-corrected chi connectivity index (χ3v) is 3.63. The number of halogens is 1. The Kier molecular flexibility index (Phi) is 3.63. The van der Waals surface area contributed by atoms with Gasteiger partial charge in [0.2, 0.25) is 0 Å². The van der Waals surface area contributed by atoms with Gasteiger partial charge in [0.05, 0.1) is 24.6 Å². The summed E-state index contributed by atoms with van der Waals surface area (Å²) in [5.74, 6) is 1.32. The molecule has 0 saturated carbocycles. The first-order chi connectivity index (χ1) is 9.78. The third kappa shape index (κ3) is 2.50. The molecule has 0 bridgehead atoms. The molecule has 0 aliphatic heterocycles. The van der Waals surface area contributed by atoms with Crippen molar-refractivity contribution in [2.45, 2.75) is 32.2 Å². The summed E-state index contributed by atoms with van der Waals surface area (Å²) in [7, 11) is 0. The largest absolute Gasteiger partial charge is 0.492 e. The Morgan fingerprint density at radius 1 is 1.40 bits per heavy atom. The first kappa shape index (κ1) is 13.0. The van der Waals surface area contributed by atoms with Crippen molar-refractivity contribution in [2.75, 3.05) is 11.9 Å². The minimum Gasteiger partial charge on any atom is -0.492 e. The van der Waals surface area contributed by atoms with E-state index in [2.05, 4.69) is 5.32 Å². The van der Waals surface area contributed by atoms with Gasteiger partial charge in [0.25, 0.3) is 0 Å². The second-order valence-corrected chi connectivity index (χ2v) is 4.96. The maximum Gasteiger partial charge on any atom is 0.145 e. The SMILES string of the molecule is CCOc1cc(F)ccc1NC1CCCc2occc21. The number of ether oxygens (including phenoxy) is 1. The first-order valence-electron chi connectivity index (χ1n) is 7.03. The number of benzene rings is 1. The fourth-order valence-electron chi connectivity index (χ4n) is 2.71. The summed E-state index contributed by atoms with van der Waals surface area (Å²) in [6, 6.07) is 6.81. The van der Waals surface area contributed by atoms with Crippen LogP contribution >= 0.6 is 0 Å². The van der Waals surface area contributed by atoms with Crippen molar-refractivity contribution < 1.29 is 13.5 Å². The molecule has 1 heterocycles. The van der Waals surface area contributed by atoms with Crippen LogP contribution in [0, 0.1) is 5.82 Å². The molecule has 3 rings (SSSR count). The zero-order valence-electron chi connectivity index (χ0n) is 11.5. The fourth-order valence-corrected chi connectivity index (χ4v) is 2.71. The predicted octanol–water partition coefficient (Wildman–Crippen LogP) is 4.31. The Labute approximate surface area is 117 Å². The van der Waals surface area contributed by atoms with Gasteiger partial charge >= 0.3 is 0 Å². The van der Waals surface area contributed by atoms with Crippen LogP contribution < -0.4 is 10.1 Å². The summed E-state index contributed by atoms with van der Waals surface area (Å²) in [6.45, 7) is 2.41. The molecule has 2 aromatic rings.